The summed E-state index contributed by atoms with van der Waals surface area (Å²) in [6.45, 7) is -0.405. The number of sulfone groups is 1. The lowest BCUT2D eigenvalue weighted by Gasteiger charge is -2.05. The SMILES string of the molecule is Nc1cc(Br)ccc1S(=O)(=O)CCO. The van der Waals surface area contributed by atoms with Gasteiger partial charge in [0.15, 0.2) is 9.84 Å². The quantitative estimate of drug-likeness (QED) is 0.802. The third kappa shape index (κ3) is 2.46. The maximum atomic E-state index is 11.5. The van der Waals surface area contributed by atoms with Gasteiger partial charge < -0.3 is 10.8 Å². The summed E-state index contributed by atoms with van der Waals surface area (Å²) >= 11 is 3.18. The lowest BCUT2D eigenvalue weighted by atomic mass is 10.3. The zero-order valence-electron chi connectivity index (χ0n) is 7.27. The van der Waals surface area contributed by atoms with E-state index in [9.17, 15) is 8.42 Å². The van der Waals surface area contributed by atoms with Crippen LogP contribution < -0.4 is 5.73 Å². The fraction of sp³-hybridized carbons (Fsp3) is 0.250. The molecule has 0 fully saturated rings. The van der Waals surface area contributed by atoms with Crippen molar-refractivity contribution < 1.29 is 13.5 Å². The molecule has 0 spiro atoms. The molecule has 1 rings (SSSR count). The topological polar surface area (TPSA) is 80.4 Å². The lowest BCUT2D eigenvalue weighted by molar-refractivity contribution is 0.319. The Morgan fingerprint density at radius 3 is 2.57 bits per heavy atom. The molecule has 0 amide bonds. The van der Waals surface area contributed by atoms with E-state index in [2.05, 4.69) is 15.9 Å². The number of halogens is 1. The van der Waals surface area contributed by atoms with Crippen molar-refractivity contribution in [1.82, 2.24) is 0 Å². The van der Waals surface area contributed by atoms with Crippen LogP contribution in [0.2, 0.25) is 0 Å². The molecule has 0 aromatic heterocycles. The first-order valence-electron chi connectivity index (χ1n) is 3.86. The molecule has 0 aliphatic rings. The van der Waals surface area contributed by atoms with E-state index in [0.29, 0.717) is 0 Å². The van der Waals surface area contributed by atoms with E-state index in [-0.39, 0.29) is 16.3 Å². The maximum absolute atomic E-state index is 11.5. The van der Waals surface area contributed by atoms with Crippen LogP contribution in [0.15, 0.2) is 27.6 Å². The fourth-order valence-electron chi connectivity index (χ4n) is 1.03. The van der Waals surface area contributed by atoms with Crippen molar-refractivity contribution in [2.75, 3.05) is 18.1 Å². The minimum atomic E-state index is -3.45. The molecule has 14 heavy (non-hydrogen) atoms. The summed E-state index contributed by atoms with van der Waals surface area (Å²) in [6, 6.07) is 4.54. The molecule has 0 heterocycles. The molecule has 1 aromatic rings. The van der Waals surface area contributed by atoms with Gasteiger partial charge in [0.2, 0.25) is 0 Å². The van der Waals surface area contributed by atoms with Crippen molar-refractivity contribution in [3.05, 3.63) is 22.7 Å². The zero-order valence-corrected chi connectivity index (χ0v) is 9.68. The average molecular weight is 280 g/mol. The van der Waals surface area contributed by atoms with Gasteiger partial charge in [0, 0.05) is 4.47 Å². The molecular weight excluding hydrogens is 270 g/mol. The van der Waals surface area contributed by atoms with Crippen LogP contribution in [0.4, 0.5) is 5.69 Å². The Kier molecular flexibility index (Phi) is 3.52. The van der Waals surface area contributed by atoms with Gasteiger partial charge in [-0.1, -0.05) is 15.9 Å². The van der Waals surface area contributed by atoms with Crippen LogP contribution in [-0.2, 0) is 9.84 Å². The number of hydrogen-bond acceptors (Lipinski definition) is 4. The third-order valence-electron chi connectivity index (χ3n) is 1.67. The highest BCUT2D eigenvalue weighted by Crippen LogP contribution is 2.23. The molecule has 0 bridgehead atoms. The molecule has 6 heteroatoms. The summed E-state index contributed by atoms with van der Waals surface area (Å²) in [6.07, 6.45) is 0. The molecular formula is C8H10BrNO3S. The number of benzene rings is 1. The molecule has 0 aliphatic carbocycles. The molecule has 0 atom stereocenters. The number of nitrogen functional groups attached to an aromatic ring is 1. The normalized spacial score (nSPS) is 11.6. The van der Waals surface area contributed by atoms with Crippen molar-refractivity contribution in [2.24, 2.45) is 0 Å². The summed E-state index contributed by atoms with van der Waals surface area (Å²) < 4.78 is 23.7. The van der Waals surface area contributed by atoms with E-state index in [1.807, 2.05) is 0 Å². The third-order valence-corrected chi connectivity index (χ3v) is 3.92. The maximum Gasteiger partial charge on any atom is 0.182 e. The van der Waals surface area contributed by atoms with E-state index >= 15 is 0 Å². The number of aliphatic hydroxyl groups excluding tert-OH is 1. The Balaban J connectivity index is 3.20. The summed E-state index contributed by atoms with van der Waals surface area (Å²) in [5, 5.41) is 8.58. The minimum Gasteiger partial charge on any atom is -0.398 e. The van der Waals surface area contributed by atoms with E-state index in [4.69, 9.17) is 10.8 Å². The fourth-order valence-corrected chi connectivity index (χ4v) is 2.57. The molecule has 0 saturated heterocycles. The Morgan fingerprint density at radius 1 is 1.43 bits per heavy atom. The predicted octanol–water partition coefficient (Wildman–Crippen LogP) is 0.797. The number of rotatable bonds is 3. The van der Waals surface area contributed by atoms with Crippen molar-refractivity contribution in [1.29, 1.82) is 0 Å². The van der Waals surface area contributed by atoms with E-state index in [1.165, 1.54) is 12.1 Å². The van der Waals surface area contributed by atoms with Crippen LogP contribution >= 0.6 is 15.9 Å². The highest BCUT2D eigenvalue weighted by Gasteiger charge is 2.16. The first-order valence-corrected chi connectivity index (χ1v) is 6.30. The van der Waals surface area contributed by atoms with Crippen LogP contribution in [0.25, 0.3) is 0 Å². The van der Waals surface area contributed by atoms with Crippen LogP contribution in [0, 0.1) is 0 Å². The van der Waals surface area contributed by atoms with Gasteiger partial charge in [-0.3, -0.25) is 0 Å². The smallest absolute Gasteiger partial charge is 0.182 e. The summed E-state index contributed by atoms with van der Waals surface area (Å²) in [5.41, 5.74) is 5.73. The van der Waals surface area contributed by atoms with E-state index < -0.39 is 16.4 Å². The molecule has 4 nitrogen and oxygen atoms in total. The van der Waals surface area contributed by atoms with Crippen LogP contribution in [-0.4, -0.2) is 25.9 Å². The zero-order chi connectivity index (χ0) is 10.8. The first-order chi connectivity index (χ1) is 6.47. The van der Waals surface area contributed by atoms with Crippen LogP contribution in [0.3, 0.4) is 0 Å². The molecule has 0 aliphatic heterocycles. The second kappa shape index (κ2) is 4.29. The number of aliphatic hydroxyl groups is 1. The first kappa shape index (κ1) is 11.5. The van der Waals surface area contributed by atoms with Crippen molar-refractivity contribution in [3.63, 3.8) is 0 Å². The molecule has 0 saturated carbocycles. The largest absolute Gasteiger partial charge is 0.398 e. The van der Waals surface area contributed by atoms with Gasteiger partial charge in [-0.05, 0) is 18.2 Å². The second-order valence-corrected chi connectivity index (χ2v) is 5.72. The highest BCUT2D eigenvalue weighted by molar-refractivity contribution is 9.10. The number of hydrogen-bond donors (Lipinski definition) is 2. The molecule has 0 unspecified atom stereocenters. The van der Waals surface area contributed by atoms with Crippen LogP contribution in [0.1, 0.15) is 0 Å². The van der Waals surface area contributed by atoms with Gasteiger partial charge in [-0.15, -0.1) is 0 Å². The second-order valence-electron chi connectivity index (χ2n) is 2.72. The monoisotopic (exact) mass is 279 g/mol. The summed E-state index contributed by atoms with van der Waals surface area (Å²) in [7, 11) is -3.45. The van der Waals surface area contributed by atoms with E-state index in [1.54, 1.807) is 6.07 Å². The summed E-state index contributed by atoms with van der Waals surface area (Å²) in [4.78, 5) is 0.0646. The van der Waals surface area contributed by atoms with E-state index in [0.717, 1.165) is 4.47 Å². The van der Waals surface area contributed by atoms with Gasteiger partial charge in [0.1, 0.15) is 0 Å². The van der Waals surface area contributed by atoms with Gasteiger partial charge in [0.25, 0.3) is 0 Å². The number of nitrogens with two attached hydrogens (primary N) is 1. The Morgan fingerprint density at radius 2 is 2.07 bits per heavy atom. The van der Waals surface area contributed by atoms with Crippen molar-refractivity contribution in [3.8, 4) is 0 Å². The molecule has 0 radical (unpaired) electrons. The molecule has 1 aromatic carbocycles. The standard InChI is InChI=1S/C8H10BrNO3S/c9-6-1-2-8(7(10)5-6)14(12,13)4-3-11/h1-2,5,11H,3-4,10H2. The van der Waals surface area contributed by atoms with Crippen molar-refractivity contribution >= 4 is 31.5 Å². The van der Waals surface area contributed by atoms with Gasteiger partial charge in [-0.2, -0.15) is 0 Å². The Labute approximate surface area is 90.8 Å². The Bertz CT molecular complexity index is 430. The molecule has 78 valence electrons. The molecule has 3 N–H and O–H groups in total. The number of anilines is 1. The lowest BCUT2D eigenvalue weighted by Crippen LogP contribution is -2.12. The van der Waals surface area contributed by atoms with Crippen molar-refractivity contribution in [2.45, 2.75) is 4.90 Å². The van der Waals surface area contributed by atoms with Gasteiger partial charge in [-0.25, -0.2) is 8.42 Å². The summed E-state index contributed by atoms with van der Waals surface area (Å²) in [5.74, 6) is -0.307. The predicted molar refractivity (Wildman–Crippen MR) is 57.7 cm³/mol. The Hall–Kier alpha value is -0.590. The average Bonchev–Trinajstić information content (AvgIpc) is 2.02. The van der Waals surface area contributed by atoms with Crippen LogP contribution in [0.5, 0.6) is 0 Å². The minimum absolute atomic E-state index is 0.0646. The van der Waals surface area contributed by atoms with Gasteiger partial charge in [0.05, 0.1) is 22.9 Å². The van der Waals surface area contributed by atoms with Gasteiger partial charge >= 0.3 is 0 Å². The highest BCUT2D eigenvalue weighted by atomic mass is 79.9.